The van der Waals surface area contributed by atoms with Gasteiger partial charge in [0.1, 0.15) is 13.2 Å². The van der Waals surface area contributed by atoms with Crippen molar-refractivity contribution in [3.8, 4) is 11.5 Å². The van der Waals surface area contributed by atoms with Gasteiger partial charge in [0.25, 0.3) is 0 Å². The third-order valence-electron chi connectivity index (χ3n) is 6.00. The number of carbonyl (C=O) groups is 1. The first-order valence-electron chi connectivity index (χ1n) is 11.6. The highest BCUT2D eigenvalue weighted by Crippen LogP contribution is 2.33. The van der Waals surface area contributed by atoms with E-state index in [-0.39, 0.29) is 30.1 Å². The second-order valence-electron chi connectivity index (χ2n) is 9.03. The van der Waals surface area contributed by atoms with Crippen LogP contribution in [0.25, 0.3) is 0 Å². The molecule has 10 nitrogen and oxygen atoms in total. The van der Waals surface area contributed by atoms with E-state index in [2.05, 4.69) is 24.1 Å². The number of ether oxygens (including phenoxy) is 3. The molecule has 2 saturated heterocycles. The van der Waals surface area contributed by atoms with Gasteiger partial charge < -0.3 is 24.4 Å². The van der Waals surface area contributed by atoms with Crippen molar-refractivity contribution in [2.75, 3.05) is 72.2 Å². The zero-order valence-electron chi connectivity index (χ0n) is 19.4. The van der Waals surface area contributed by atoms with Crippen LogP contribution in [-0.4, -0.2) is 107 Å². The molecule has 184 valence electrons. The van der Waals surface area contributed by atoms with Crippen LogP contribution in [0.15, 0.2) is 23.1 Å². The van der Waals surface area contributed by atoms with Gasteiger partial charge in [-0.05, 0) is 18.1 Å². The van der Waals surface area contributed by atoms with E-state index in [1.165, 1.54) is 16.4 Å². The molecule has 2 amide bonds. The number of carbonyl (C=O) groups excluding carboxylic acids is 1. The molecule has 4 rings (SSSR count). The number of nitrogens with zero attached hydrogens (tertiary/aromatic N) is 3. The molecule has 11 heteroatoms. The van der Waals surface area contributed by atoms with Crippen molar-refractivity contribution in [3.05, 3.63) is 18.2 Å². The molecule has 0 aliphatic carbocycles. The Labute approximate surface area is 195 Å². The second-order valence-corrected chi connectivity index (χ2v) is 11.0. The molecule has 3 heterocycles. The van der Waals surface area contributed by atoms with Crippen molar-refractivity contribution in [2.45, 2.75) is 24.8 Å². The highest BCUT2D eigenvalue weighted by molar-refractivity contribution is 7.89. The summed E-state index contributed by atoms with van der Waals surface area (Å²) >= 11 is 0. The third-order valence-corrected chi connectivity index (χ3v) is 7.90. The Balaban J connectivity index is 1.26. The normalized spacial score (nSPS) is 22.4. The molecule has 0 bridgehead atoms. The summed E-state index contributed by atoms with van der Waals surface area (Å²) in [6, 6.07) is 4.49. The molecule has 0 spiro atoms. The van der Waals surface area contributed by atoms with E-state index in [9.17, 15) is 13.2 Å². The Kier molecular flexibility index (Phi) is 7.62. The summed E-state index contributed by atoms with van der Waals surface area (Å²) in [6.07, 6.45) is -0.0293. The number of hydrogen-bond donors (Lipinski definition) is 1. The maximum Gasteiger partial charge on any atom is 0.317 e. The highest BCUT2D eigenvalue weighted by atomic mass is 32.2. The van der Waals surface area contributed by atoms with Gasteiger partial charge in [0.05, 0.1) is 17.6 Å². The lowest BCUT2D eigenvalue weighted by atomic mass is 10.2. The fraction of sp³-hybridized carbons (Fsp3) is 0.682. The quantitative estimate of drug-likeness (QED) is 0.641. The van der Waals surface area contributed by atoms with Crippen molar-refractivity contribution in [3.63, 3.8) is 0 Å². The number of sulfonamides is 1. The van der Waals surface area contributed by atoms with Gasteiger partial charge in [-0.3, -0.25) is 4.90 Å². The van der Waals surface area contributed by atoms with Gasteiger partial charge in [-0.25, -0.2) is 13.2 Å². The molecule has 0 radical (unpaired) electrons. The number of urea groups is 1. The first kappa shape index (κ1) is 24.1. The maximum absolute atomic E-state index is 13.1. The molecule has 3 aliphatic rings. The molecule has 1 N–H and O–H groups in total. The number of benzene rings is 1. The van der Waals surface area contributed by atoms with Crippen LogP contribution >= 0.6 is 0 Å². The monoisotopic (exact) mass is 482 g/mol. The van der Waals surface area contributed by atoms with E-state index < -0.39 is 10.0 Å². The van der Waals surface area contributed by atoms with Gasteiger partial charge in [0.15, 0.2) is 11.5 Å². The lowest BCUT2D eigenvalue weighted by Crippen LogP contribution is -2.55. The number of morpholine rings is 1. The van der Waals surface area contributed by atoms with E-state index >= 15 is 0 Å². The second kappa shape index (κ2) is 10.5. The summed E-state index contributed by atoms with van der Waals surface area (Å²) in [6.45, 7) is 10.3. The Morgan fingerprint density at radius 3 is 2.52 bits per heavy atom. The molecule has 0 aromatic heterocycles. The molecule has 0 saturated carbocycles. The van der Waals surface area contributed by atoms with Crippen LogP contribution in [0, 0.1) is 5.92 Å². The number of piperazine rings is 1. The lowest BCUT2D eigenvalue weighted by molar-refractivity contribution is -0.0294. The topological polar surface area (TPSA) is 101 Å². The van der Waals surface area contributed by atoms with E-state index in [0.29, 0.717) is 56.9 Å². The summed E-state index contributed by atoms with van der Waals surface area (Å²) < 4.78 is 44.4. The Hall–Kier alpha value is -2.08. The van der Waals surface area contributed by atoms with Gasteiger partial charge in [0.2, 0.25) is 10.0 Å². The lowest BCUT2D eigenvalue weighted by Gasteiger charge is -2.36. The number of nitrogens with one attached hydrogen (secondary N) is 1. The summed E-state index contributed by atoms with van der Waals surface area (Å²) in [5.74, 6) is 1.58. The minimum atomic E-state index is -3.68. The summed E-state index contributed by atoms with van der Waals surface area (Å²) in [5, 5.41) is 2.95. The average Bonchev–Trinajstić information content (AvgIpc) is 2.82. The van der Waals surface area contributed by atoms with Crippen LogP contribution in [-0.2, 0) is 14.8 Å². The predicted octanol–water partition coefficient (Wildman–Crippen LogP) is 0.831. The Morgan fingerprint density at radius 2 is 1.79 bits per heavy atom. The van der Waals surface area contributed by atoms with Crippen molar-refractivity contribution >= 4 is 16.1 Å². The molecule has 33 heavy (non-hydrogen) atoms. The van der Waals surface area contributed by atoms with E-state index in [1.807, 2.05) is 0 Å². The van der Waals surface area contributed by atoms with Crippen molar-refractivity contribution in [1.82, 2.24) is 19.4 Å². The molecule has 1 atom stereocenters. The van der Waals surface area contributed by atoms with E-state index in [0.717, 1.165) is 19.6 Å². The van der Waals surface area contributed by atoms with Crippen LogP contribution in [0.1, 0.15) is 13.8 Å². The van der Waals surface area contributed by atoms with Crippen LogP contribution in [0.4, 0.5) is 4.79 Å². The minimum Gasteiger partial charge on any atom is -0.486 e. The van der Waals surface area contributed by atoms with E-state index in [1.54, 1.807) is 11.0 Å². The number of amides is 2. The number of rotatable bonds is 6. The van der Waals surface area contributed by atoms with Gasteiger partial charge >= 0.3 is 6.03 Å². The first-order chi connectivity index (χ1) is 15.8. The Bertz CT molecular complexity index is 933. The molecular formula is C22H34N4O6S. The molecule has 2 fully saturated rings. The highest BCUT2D eigenvalue weighted by Gasteiger charge is 2.31. The summed E-state index contributed by atoms with van der Waals surface area (Å²) in [7, 11) is -3.68. The largest absolute Gasteiger partial charge is 0.486 e. The summed E-state index contributed by atoms with van der Waals surface area (Å²) in [5.41, 5.74) is 0. The predicted molar refractivity (Wildman–Crippen MR) is 122 cm³/mol. The SMILES string of the molecule is CC(C)CN1CCOC(CNC(=O)N2CCN(S(=O)(=O)c3ccc4c(c3)OCCO4)CC2)C1. The van der Waals surface area contributed by atoms with Crippen molar-refractivity contribution in [2.24, 2.45) is 5.92 Å². The maximum atomic E-state index is 13.1. The fourth-order valence-electron chi connectivity index (χ4n) is 4.36. The average molecular weight is 483 g/mol. The zero-order chi connectivity index (χ0) is 23.4. The van der Waals surface area contributed by atoms with Crippen molar-refractivity contribution < 1.29 is 27.4 Å². The van der Waals surface area contributed by atoms with Crippen LogP contribution in [0.5, 0.6) is 11.5 Å². The van der Waals surface area contributed by atoms with Gasteiger partial charge in [0, 0.05) is 58.4 Å². The van der Waals surface area contributed by atoms with Gasteiger partial charge in [-0.15, -0.1) is 0 Å². The minimum absolute atomic E-state index is 0.0293. The summed E-state index contributed by atoms with van der Waals surface area (Å²) in [4.78, 5) is 16.8. The smallest absolute Gasteiger partial charge is 0.317 e. The van der Waals surface area contributed by atoms with Gasteiger partial charge in [-0.1, -0.05) is 13.8 Å². The van der Waals surface area contributed by atoms with Gasteiger partial charge in [-0.2, -0.15) is 4.31 Å². The molecule has 1 aromatic carbocycles. The van der Waals surface area contributed by atoms with Crippen molar-refractivity contribution in [1.29, 1.82) is 0 Å². The molecule has 3 aliphatic heterocycles. The number of hydrogen-bond acceptors (Lipinski definition) is 7. The van der Waals surface area contributed by atoms with Crippen LogP contribution < -0.4 is 14.8 Å². The fourth-order valence-corrected chi connectivity index (χ4v) is 5.80. The Morgan fingerprint density at radius 1 is 1.06 bits per heavy atom. The van der Waals surface area contributed by atoms with Crippen LogP contribution in [0.2, 0.25) is 0 Å². The molecular weight excluding hydrogens is 448 g/mol. The third kappa shape index (κ3) is 5.89. The first-order valence-corrected chi connectivity index (χ1v) is 13.0. The standard InChI is InChI=1S/C22H34N4O6S/c1-17(2)15-24-9-10-30-18(16-24)14-23-22(27)25-5-7-26(8-6-25)33(28,29)19-3-4-20-21(13-19)32-12-11-31-20/h3-4,13,17-18H,5-12,14-16H2,1-2H3,(H,23,27). The van der Waals surface area contributed by atoms with E-state index in [4.69, 9.17) is 14.2 Å². The zero-order valence-corrected chi connectivity index (χ0v) is 20.2. The molecule has 1 unspecified atom stereocenters. The number of fused-ring (bicyclic) bond motifs is 1. The van der Waals surface area contributed by atoms with Crippen LogP contribution in [0.3, 0.4) is 0 Å². The molecule has 1 aromatic rings.